The van der Waals surface area contributed by atoms with Crippen LogP contribution in [-0.2, 0) is 6.18 Å². The van der Waals surface area contributed by atoms with Crippen LogP contribution in [0.2, 0.25) is 5.02 Å². The molecule has 2 rings (SSSR count). The van der Waals surface area contributed by atoms with Crippen molar-refractivity contribution in [3.8, 4) is 0 Å². The van der Waals surface area contributed by atoms with E-state index in [0.717, 1.165) is 26.2 Å². The molecule has 2 nitrogen and oxygen atoms in total. The number of hydrogen-bond donors (Lipinski definition) is 1. The van der Waals surface area contributed by atoms with Gasteiger partial charge in [-0.05, 0) is 23.1 Å². The van der Waals surface area contributed by atoms with E-state index in [2.05, 4.69) is 31.0 Å². The lowest BCUT2D eigenvalue weighted by atomic mass is 9.80. The van der Waals surface area contributed by atoms with E-state index >= 15 is 0 Å². The van der Waals surface area contributed by atoms with Crippen molar-refractivity contribution in [2.75, 3.05) is 26.2 Å². The Hall–Kier alpha value is -0.780. The summed E-state index contributed by atoms with van der Waals surface area (Å²) in [5.41, 5.74) is -0.254. The van der Waals surface area contributed by atoms with Crippen molar-refractivity contribution in [1.29, 1.82) is 0 Å². The molecule has 124 valence electrons. The minimum Gasteiger partial charge on any atom is -0.314 e. The van der Waals surface area contributed by atoms with Crippen molar-refractivity contribution in [3.05, 3.63) is 34.3 Å². The first kappa shape index (κ1) is 17.6. The third-order valence-electron chi connectivity index (χ3n) is 3.95. The summed E-state index contributed by atoms with van der Waals surface area (Å²) in [6, 6.07) is 4.21. The molecule has 0 amide bonds. The molecule has 0 saturated carbocycles. The highest BCUT2D eigenvalue weighted by Gasteiger charge is 2.37. The van der Waals surface area contributed by atoms with Crippen molar-refractivity contribution in [2.45, 2.75) is 33.0 Å². The summed E-state index contributed by atoms with van der Waals surface area (Å²) in [4.78, 5) is 2.25. The van der Waals surface area contributed by atoms with Gasteiger partial charge in [0.05, 0.1) is 10.6 Å². The van der Waals surface area contributed by atoms with Gasteiger partial charge in [0.15, 0.2) is 0 Å². The Morgan fingerprint density at radius 1 is 1.14 bits per heavy atom. The minimum absolute atomic E-state index is 0.0760. The number of rotatable bonds is 2. The summed E-state index contributed by atoms with van der Waals surface area (Å²) < 4.78 is 39.4. The Balaban J connectivity index is 2.44. The maximum atomic E-state index is 13.1. The molecule has 1 atom stereocenters. The molecule has 1 aliphatic heterocycles. The number of halogens is 4. The topological polar surface area (TPSA) is 15.3 Å². The highest BCUT2D eigenvalue weighted by atomic mass is 35.5. The molecule has 1 aromatic carbocycles. The SMILES string of the molecule is CC(C)(C)[C@@H](c1ccc(Cl)c(C(F)(F)F)c1)N1CCNCC1. The van der Waals surface area contributed by atoms with Gasteiger partial charge in [0.1, 0.15) is 0 Å². The Kier molecular flexibility index (Phi) is 5.09. The van der Waals surface area contributed by atoms with Crippen LogP contribution >= 0.6 is 11.6 Å². The molecule has 6 heteroatoms. The van der Waals surface area contributed by atoms with Gasteiger partial charge in [-0.2, -0.15) is 13.2 Å². The summed E-state index contributed by atoms with van der Waals surface area (Å²) in [6.45, 7) is 9.53. The van der Waals surface area contributed by atoms with Gasteiger partial charge in [-0.25, -0.2) is 0 Å². The van der Waals surface area contributed by atoms with E-state index in [9.17, 15) is 13.2 Å². The third kappa shape index (κ3) is 3.94. The molecule has 1 heterocycles. The van der Waals surface area contributed by atoms with Gasteiger partial charge in [-0.1, -0.05) is 38.4 Å². The standard InChI is InChI=1S/C16H22ClF3N2/c1-15(2,3)14(22-8-6-21-7-9-22)11-4-5-13(17)12(10-11)16(18,19)20/h4-5,10,14,21H,6-9H2,1-3H3/t14-/m1/s1. The van der Waals surface area contributed by atoms with Crippen molar-refractivity contribution >= 4 is 11.6 Å². The van der Waals surface area contributed by atoms with Crippen LogP contribution in [-0.4, -0.2) is 31.1 Å². The zero-order valence-electron chi connectivity index (χ0n) is 13.1. The molecule has 0 aromatic heterocycles. The first-order chi connectivity index (χ1) is 10.1. The smallest absolute Gasteiger partial charge is 0.314 e. The van der Waals surface area contributed by atoms with Crippen LogP contribution in [0.3, 0.4) is 0 Å². The number of nitrogens with zero attached hydrogens (tertiary/aromatic N) is 1. The zero-order valence-corrected chi connectivity index (χ0v) is 13.9. The Labute approximate surface area is 134 Å². The second kappa shape index (κ2) is 6.38. The summed E-state index contributed by atoms with van der Waals surface area (Å²) in [6.07, 6.45) is -4.43. The zero-order chi connectivity index (χ0) is 16.5. The lowest BCUT2D eigenvalue weighted by Crippen LogP contribution is -2.48. The van der Waals surface area contributed by atoms with Crippen LogP contribution in [0.5, 0.6) is 0 Å². The van der Waals surface area contributed by atoms with Gasteiger partial charge in [0.25, 0.3) is 0 Å². The van der Waals surface area contributed by atoms with Gasteiger partial charge in [0, 0.05) is 32.2 Å². The highest BCUT2D eigenvalue weighted by molar-refractivity contribution is 6.31. The fourth-order valence-corrected chi connectivity index (χ4v) is 3.35. The molecule has 1 N–H and O–H groups in total. The predicted molar refractivity (Wildman–Crippen MR) is 83.1 cm³/mol. The molecule has 0 unspecified atom stereocenters. The number of benzene rings is 1. The molecule has 0 aliphatic carbocycles. The number of alkyl halides is 3. The van der Waals surface area contributed by atoms with Gasteiger partial charge in [0.2, 0.25) is 0 Å². The average Bonchev–Trinajstić information content (AvgIpc) is 2.39. The molecule has 0 radical (unpaired) electrons. The lowest BCUT2D eigenvalue weighted by molar-refractivity contribution is -0.137. The number of hydrogen-bond acceptors (Lipinski definition) is 2. The van der Waals surface area contributed by atoms with Crippen molar-refractivity contribution < 1.29 is 13.2 Å². The lowest BCUT2D eigenvalue weighted by Gasteiger charge is -2.42. The van der Waals surface area contributed by atoms with E-state index in [-0.39, 0.29) is 16.5 Å². The van der Waals surface area contributed by atoms with Gasteiger partial charge in [-0.15, -0.1) is 0 Å². The monoisotopic (exact) mass is 334 g/mol. The molecule has 1 aliphatic rings. The van der Waals surface area contributed by atoms with E-state index in [4.69, 9.17) is 11.6 Å². The Morgan fingerprint density at radius 3 is 2.23 bits per heavy atom. The molecule has 1 aromatic rings. The molecule has 1 fully saturated rings. The Bertz CT molecular complexity index is 517. The average molecular weight is 335 g/mol. The molecule has 1 saturated heterocycles. The van der Waals surface area contributed by atoms with E-state index in [1.54, 1.807) is 6.07 Å². The molecule has 22 heavy (non-hydrogen) atoms. The van der Waals surface area contributed by atoms with Crippen molar-refractivity contribution in [2.24, 2.45) is 5.41 Å². The maximum absolute atomic E-state index is 13.1. The van der Waals surface area contributed by atoms with Crippen molar-refractivity contribution in [1.82, 2.24) is 10.2 Å². The maximum Gasteiger partial charge on any atom is 0.417 e. The van der Waals surface area contributed by atoms with E-state index in [1.165, 1.54) is 12.1 Å². The molecular weight excluding hydrogens is 313 g/mol. The number of nitrogens with one attached hydrogen (secondary N) is 1. The first-order valence-electron chi connectivity index (χ1n) is 7.42. The van der Waals surface area contributed by atoms with Crippen LogP contribution < -0.4 is 5.32 Å². The second-order valence-electron chi connectivity index (χ2n) is 6.79. The van der Waals surface area contributed by atoms with Crippen LogP contribution in [0.4, 0.5) is 13.2 Å². The van der Waals surface area contributed by atoms with Crippen LogP contribution in [0, 0.1) is 5.41 Å². The van der Waals surface area contributed by atoms with E-state index in [1.807, 2.05) is 0 Å². The van der Waals surface area contributed by atoms with E-state index < -0.39 is 11.7 Å². The summed E-state index contributed by atoms with van der Waals surface area (Å²) in [5.74, 6) is 0. The highest BCUT2D eigenvalue weighted by Crippen LogP contribution is 2.42. The molecule has 0 spiro atoms. The quantitative estimate of drug-likeness (QED) is 0.865. The van der Waals surface area contributed by atoms with Crippen LogP contribution in [0.25, 0.3) is 0 Å². The fraction of sp³-hybridized carbons (Fsp3) is 0.625. The van der Waals surface area contributed by atoms with Crippen LogP contribution in [0.15, 0.2) is 18.2 Å². The number of piperazine rings is 1. The summed E-state index contributed by atoms with van der Waals surface area (Å²) >= 11 is 5.74. The largest absolute Gasteiger partial charge is 0.417 e. The second-order valence-corrected chi connectivity index (χ2v) is 7.20. The van der Waals surface area contributed by atoms with E-state index in [0.29, 0.717) is 5.56 Å². The summed E-state index contributed by atoms with van der Waals surface area (Å²) in [5, 5.41) is 3.03. The van der Waals surface area contributed by atoms with Gasteiger partial charge in [-0.3, -0.25) is 4.90 Å². The van der Waals surface area contributed by atoms with Gasteiger partial charge < -0.3 is 5.32 Å². The first-order valence-corrected chi connectivity index (χ1v) is 7.80. The Morgan fingerprint density at radius 2 is 1.73 bits per heavy atom. The molecule has 0 bridgehead atoms. The normalized spacial score (nSPS) is 19.2. The molecular formula is C16H22ClF3N2. The summed E-state index contributed by atoms with van der Waals surface area (Å²) in [7, 11) is 0. The predicted octanol–water partition coefficient (Wildman–Crippen LogP) is 4.35. The van der Waals surface area contributed by atoms with Crippen molar-refractivity contribution in [3.63, 3.8) is 0 Å². The van der Waals surface area contributed by atoms with Gasteiger partial charge >= 0.3 is 6.18 Å². The third-order valence-corrected chi connectivity index (χ3v) is 4.28. The van der Waals surface area contributed by atoms with Crippen LogP contribution in [0.1, 0.15) is 37.9 Å². The fourth-order valence-electron chi connectivity index (χ4n) is 3.13. The minimum atomic E-state index is -4.43.